The summed E-state index contributed by atoms with van der Waals surface area (Å²) in [6.45, 7) is 0.181. The topological polar surface area (TPSA) is 34.9 Å². The van der Waals surface area contributed by atoms with Crippen molar-refractivity contribution in [2.45, 2.75) is 6.54 Å². The highest BCUT2D eigenvalue weighted by Crippen LogP contribution is 2.26. The molecule has 0 aliphatic carbocycles. The molecule has 100 valence electrons. The Labute approximate surface area is 125 Å². The zero-order valence-electron chi connectivity index (χ0n) is 10.4. The van der Waals surface area contributed by atoms with Gasteiger partial charge in [0.15, 0.2) is 5.78 Å². The lowest BCUT2D eigenvalue weighted by molar-refractivity contribution is 0.0973. The summed E-state index contributed by atoms with van der Waals surface area (Å²) in [5.41, 5.74) is 2.20. The largest absolute Gasteiger partial charge is 0.323 e. The molecule has 1 heterocycles. The number of ketones is 1. The summed E-state index contributed by atoms with van der Waals surface area (Å²) in [6, 6.07) is 12.7. The van der Waals surface area contributed by atoms with Gasteiger partial charge in [-0.2, -0.15) is 0 Å². The first-order valence-electron chi connectivity index (χ1n) is 6.04. The van der Waals surface area contributed by atoms with Crippen molar-refractivity contribution in [3.63, 3.8) is 0 Å². The van der Waals surface area contributed by atoms with E-state index in [1.807, 2.05) is 24.3 Å². The van der Waals surface area contributed by atoms with Gasteiger partial charge >= 0.3 is 0 Å². The number of Topliss-reactive ketones (excluding diaryl/α,β-unsaturated/α-hetero) is 1. The molecule has 3 nitrogen and oxygen atoms in total. The fourth-order valence-corrected chi connectivity index (χ4v) is 2.50. The average Bonchev–Trinajstić information content (AvgIpc) is 2.85. The van der Waals surface area contributed by atoms with Gasteiger partial charge < -0.3 is 4.57 Å². The number of fused-ring (bicyclic) bond motifs is 1. The lowest BCUT2D eigenvalue weighted by Gasteiger charge is -2.06. The molecule has 0 N–H and O–H groups in total. The van der Waals surface area contributed by atoms with Gasteiger partial charge in [0.1, 0.15) is 0 Å². The van der Waals surface area contributed by atoms with Crippen LogP contribution in [-0.4, -0.2) is 15.3 Å². The van der Waals surface area contributed by atoms with E-state index in [1.165, 1.54) is 0 Å². The standard InChI is InChI=1S/C15H10Cl2N2O/c16-11-5-3-4-10(15(11)17)14(20)8-19-9-18-12-6-1-2-7-13(12)19/h1-7,9H,8H2. The van der Waals surface area contributed by atoms with Gasteiger partial charge in [-0.25, -0.2) is 4.98 Å². The van der Waals surface area contributed by atoms with E-state index < -0.39 is 0 Å². The number of aromatic nitrogens is 2. The van der Waals surface area contributed by atoms with Gasteiger partial charge in [-0.3, -0.25) is 4.79 Å². The molecule has 1 aromatic heterocycles. The number of carbonyl (C=O) groups excluding carboxylic acids is 1. The van der Waals surface area contributed by atoms with E-state index in [2.05, 4.69) is 4.98 Å². The molecule has 0 saturated heterocycles. The van der Waals surface area contributed by atoms with Crippen LogP contribution in [0, 0.1) is 0 Å². The predicted octanol–water partition coefficient (Wildman–Crippen LogP) is 4.23. The Morgan fingerprint density at radius 2 is 1.90 bits per heavy atom. The first-order chi connectivity index (χ1) is 9.66. The van der Waals surface area contributed by atoms with Crippen molar-refractivity contribution in [1.29, 1.82) is 0 Å². The molecule has 20 heavy (non-hydrogen) atoms. The van der Waals surface area contributed by atoms with Crippen LogP contribution in [0.3, 0.4) is 0 Å². The highest BCUT2D eigenvalue weighted by Gasteiger charge is 2.14. The Hall–Kier alpha value is -1.84. The first-order valence-corrected chi connectivity index (χ1v) is 6.79. The minimum Gasteiger partial charge on any atom is -0.323 e. The number of carbonyl (C=O) groups is 1. The van der Waals surface area contributed by atoms with Crippen LogP contribution >= 0.6 is 23.2 Å². The molecule has 0 spiro atoms. The summed E-state index contributed by atoms with van der Waals surface area (Å²) in [4.78, 5) is 16.6. The van der Waals surface area contributed by atoms with E-state index in [0.29, 0.717) is 15.6 Å². The Morgan fingerprint density at radius 3 is 2.75 bits per heavy atom. The van der Waals surface area contributed by atoms with Gasteiger partial charge in [0.05, 0.1) is 34.0 Å². The molecule has 0 unspecified atom stereocenters. The zero-order valence-corrected chi connectivity index (χ0v) is 11.9. The molecule has 0 fully saturated rings. The van der Waals surface area contributed by atoms with Crippen LogP contribution in [0.2, 0.25) is 10.0 Å². The predicted molar refractivity (Wildman–Crippen MR) is 80.5 cm³/mol. The third kappa shape index (κ3) is 2.30. The Kier molecular flexibility index (Phi) is 3.47. The lowest BCUT2D eigenvalue weighted by atomic mass is 10.1. The Morgan fingerprint density at radius 1 is 1.10 bits per heavy atom. The number of imidazole rings is 1. The Balaban J connectivity index is 1.95. The molecule has 3 aromatic rings. The summed E-state index contributed by atoms with van der Waals surface area (Å²) < 4.78 is 1.80. The van der Waals surface area contributed by atoms with E-state index in [-0.39, 0.29) is 12.3 Å². The van der Waals surface area contributed by atoms with E-state index in [9.17, 15) is 4.79 Å². The second-order valence-corrected chi connectivity index (χ2v) is 5.17. The van der Waals surface area contributed by atoms with Crippen LogP contribution in [-0.2, 0) is 6.54 Å². The molecule has 0 aliphatic heterocycles. The summed E-state index contributed by atoms with van der Waals surface area (Å²) in [6.07, 6.45) is 1.65. The third-order valence-corrected chi connectivity index (χ3v) is 3.91. The fourth-order valence-electron chi connectivity index (χ4n) is 2.10. The van der Waals surface area contributed by atoms with E-state index >= 15 is 0 Å². The van der Waals surface area contributed by atoms with Crippen LogP contribution in [0.5, 0.6) is 0 Å². The number of benzene rings is 2. The maximum atomic E-state index is 12.3. The maximum absolute atomic E-state index is 12.3. The van der Waals surface area contributed by atoms with Crippen LogP contribution in [0.25, 0.3) is 11.0 Å². The normalized spacial score (nSPS) is 10.9. The molecular formula is C15H10Cl2N2O. The Bertz CT molecular complexity index is 795. The van der Waals surface area contributed by atoms with Crippen molar-refractivity contribution in [2.24, 2.45) is 0 Å². The van der Waals surface area contributed by atoms with Crippen molar-refractivity contribution in [1.82, 2.24) is 9.55 Å². The quantitative estimate of drug-likeness (QED) is 0.679. The SMILES string of the molecule is O=C(Cn1cnc2ccccc21)c1cccc(Cl)c1Cl. The van der Waals surface area contributed by atoms with E-state index in [4.69, 9.17) is 23.2 Å². The number of nitrogens with zero attached hydrogens (tertiary/aromatic N) is 2. The van der Waals surface area contributed by atoms with Gasteiger partial charge in [-0.1, -0.05) is 41.4 Å². The number of para-hydroxylation sites is 2. The molecule has 0 aliphatic rings. The monoisotopic (exact) mass is 304 g/mol. The smallest absolute Gasteiger partial charge is 0.184 e. The average molecular weight is 305 g/mol. The summed E-state index contributed by atoms with van der Waals surface area (Å²) in [7, 11) is 0. The molecule has 0 saturated carbocycles. The van der Waals surface area contributed by atoms with Gasteiger partial charge in [0, 0.05) is 5.56 Å². The second kappa shape index (κ2) is 5.27. The molecule has 0 bridgehead atoms. The van der Waals surface area contributed by atoms with Gasteiger partial charge in [0.2, 0.25) is 0 Å². The van der Waals surface area contributed by atoms with Crippen molar-refractivity contribution in [2.75, 3.05) is 0 Å². The fraction of sp³-hybridized carbons (Fsp3) is 0.0667. The van der Waals surface area contributed by atoms with Gasteiger partial charge in [0.25, 0.3) is 0 Å². The highest BCUT2D eigenvalue weighted by molar-refractivity contribution is 6.43. The van der Waals surface area contributed by atoms with Gasteiger partial charge in [-0.05, 0) is 24.3 Å². The number of halogens is 2. The molecule has 2 aromatic carbocycles. The summed E-state index contributed by atoms with van der Waals surface area (Å²) in [5, 5.41) is 0.677. The van der Waals surface area contributed by atoms with Gasteiger partial charge in [-0.15, -0.1) is 0 Å². The molecule has 0 radical (unpaired) electrons. The zero-order chi connectivity index (χ0) is 14.1. The van der Waals surface area contributed by atoms with Crippen LogP contribution in [0.1, 0.15) is 10.4 Å². The van der Waals surface area contributed by atoms with Crippen LogP contribution in [0.4, 0.5) is 0 Å². The van der Waals surface area contributed by atoms with Crippen LogP contribution in [0.15, 0.2) is 48.8 Å². The third-order valence-electron chi connectivity index (χ3n) is 3.09. The second-order valence-electron chi connectivity index (χ2n) is 4.39. The van der Waals surface area contributed by atoms with E-state index in [0.717, 1.165) is 11.0 Å². The summed E-state index contributed by atoms with van der Waals surface area (Å²) >= 11 is 12.0. The summed E-state index contributed by atoms with van der Waals surface area (Å²) in [5.74, 6) is -0.0966. The van der Waals surface area contributed by atoms with Crippen molar-refractivity contribution >= 4 is 40.0 Å². The van der Waals surface area contributed by atoms with Crippen LogP contribution < -0.4 is 0 Å². The van der Waals surface area contributed by atoms with E-state index in [1.54, 1.807) is 29.1 Å². The number of rotatable bonds is 3. The minimum atomic E-state index is -0.0966. The minimum absolute atomic E-state index is 0.0966. The van der Waals surface area contributed by atoms with Crippen molar-refractivity contribution in [3.8, 4) is 0 Å². The highest BCUT2D eigenvalue weighted by atomic mass is 35.5. The first kappa shape index (κ1) is 13.2. The van der Waals surface area contributed by atoms with Crippen molar-refractivity contribution < 1.29 is 4.79 Å². The maximum Gasteiger partial charge on any atom is 0.184 e. The number of hydrogen-bond donors (Lipinski definition) is 0. The molecule has 0 amide bonds. The molecule has 0 atom stereocenters. The number of hydrogen-bond acceptors (Lipinski definition) is 2. The molecule has 5 heteroatoms. The lowest BCUT2D eigenvalue weighted by Crippen LogP contribution is -2.10. The van der Waals surface area contributed by atoms with Crippen molar-refractivity contribution in [3.05, 3.63) is 64.4 Å². The molecule has 3 rings (SSSR count). The molecular weight excluding hydrogens is 295 g/mol.